The first kappa shape index (κ1) is 18.3. The Morgan fingerprint density at radius 2 is 2.04 bits per heavy atom. The molecule has 0 aliphatic carbocycles. The minimum atomic E-state index is -4.74. The molecule has 10 nitrogen and oxygen atoms in total. The molecule has 0 saturated carbocycles. The van der Waals surface area contributed by atoms with Crippen molar-refractivity contribution in [2.24, 2.45) is 0 Å². The summed E-state index contributed by atoms with van der Waals surface area (Å²) < 4.78 is 36.8. The minimum absolute atomic E-state index is 0.296. The Bertz CT molecular complexity index is 843. The number of amides is 2. The van der Waals surface area contributed by atoms with Crippen molar-refractivity contribution < 1.29 is 22.0 Å². The van der Waals surface area contributed by atoms with Crippen LogP contribution >= 0.6 is 0 Å². The number of fused-ring (bicyclic) bond motifs is 4. The predicted octanol–water partition coefficient (Wildman–Crippen LogP) is 1.40. The molecule has 4 heterocycles. The highest BCUT2D eigenvalue weighted by molar-refractivity contribution is 7.80. The molecular weight excluding hydrogens is 362 g/mol. The van der Waals surface area contributed by atoms with Crippen LogP contribution in [0.25, 0.3) is 0 Å². The first-order valence-electron chi connectivity index (χ1n) is 8.04. The van der Waals surface area contributed by atoms with E-state index in [-0.39, 0.29) is 0 Å². The summed E-state index contributed by atoms with van der Waals surface area (Å²) in [5.41, 5.74) is 1.49. The largest absolute Gasteiger partial charge is 0.418 e. The van der Waals surface area contributed by atoms with Crippen molar-refractivity contribution in [2.45, 2.75) is 32.5 Å². The summed E-state index contributed by atoms with van der Waals surface area (Å²) in [6, 6.07) is 4.51. The van der Waals surface area contributed by atoms with Gasteiger partial charge in [-0.3, -0.25) is 9.54 Å². The molecule has 1 fully saturated rings. The molecular formula is C15H19N5O5S. The zero-order valence-electron chi connectivity index (χ0n) is 14.1. The number of hydrogen-bond acceptors (Lipinski definition) is 6. The fourth-order valence-electron chi connectivity index (χ4n) is 2.95. The second-order valence-electron chi connectivity index (χ2n) is 5.80. The van der Waals surface area contributed by atoms with E-state index in [2.05, 4.69) is 14.3 Å². The Morgan fingerprint density at radius 1 is 1.31 bits per heavy atom. The maximum Gasteiger partial charge on any atom is 0.418 e. The van der Waals surface area contributed by atoms with E-state index in [1.54, 1.807) is 18.7 Å². The van der Waals surface area contributed by atoms with Crippen LogP contribution in [0.3, 0.4) is 0 Å². The molecule has 1 saturated heterocycles. The van der Waals surface area contributed by atoms with Gasteiger partial charge in [0.25, 0.3) is 0 Å². The number of imidazole rings is 1. The van der Waals surface area contributed by atoms with Crippen LogP contribution in [0.2, 0.25) is 0 Å². The summed E-state index contributed by atoms with van der Waals surface area (Å²) in [5, 5.41) is 0.671. The van der Waals surface area contributed by atoms with Gasteiger partial charge in [0, 0.05) is 18.9 Å². The summed E-state index contributed by atoms with van der Waals surface area (Å²) in [7, 11) is -4.74. The van der Waals surface area contributed by atoms with Crippen molar-refractivity contribution in [3.05, 3.63) is 48.3 Å². The molecule has 4 rings (SSSR count). The number of rotatable bonds is 4. The molecule has 2 amide bonds. The Balaban J connectivity index is 0.000000278. The Morgan fingerprint density at radius 3 is 2.58 bits per heavy atom. The van der Waals surface area contributed by atoms with Crippen LogP contribution in [0, 0.1) is 0 Å². The fraction of sp³-hybridized carbons (Fsp3) is 0.400. The van der Waals surface area contributed by atoms with E-state index in [9.17, 15) is 13.2 Å². The second kappa shape index (κ2) is 7.40. The van der Waals surface area contributed by atoms with E-state index < -0.39 is 22.5 Å². The normalized spacial score (nSPS) is 18.4. The van der Waals surface area contributed by atoms with Crippen LogP contribution < -0.4 is 0 Å². The van der Waals surface area contributed by atoms with Crippen molar-refractivity contribution in [2.75, 3.05) is 6.54 Å². The van der Waals surface area contributed by atoms with Gasteiger partial charge in [0.1, 0.15) is 6.04 Å². The van der Waals surface area contributed by atoms with Crippen molar-refractivity contribution in [3.63, 3.8) is 0 Å². The molecule has 1 atom stereocenters. The summed E-state index contributed by atoms with van der Waals surface area (Å²) in [5.74, 6) is 0. The number of hydrogen-bond donors (Lipinski definition) is 1. The standard InChI is InChI=1S/C10H14N4O5S.C5H5N/c1-2-3-12-6-11-9-7(12)4-13-5-8(9)14(10(13)15)19-20(16,17)18;1-2-4-6-5-3-1/h6,8H,2-5H2,1H3,(H,16,17,18);1-5H. The molecule has 2 bridgehead atoms. The van der Waals surface area contributed by atoms with E-state index in [1.165, 1.54) is 4.90 Å². The molecule has 2 aromatic rings. The second-order valence-corrected chi connectivity index (χ2v) is 6.81. The zero-order valence-corrected chi connectivity index (χ0v) is 14.9. The van der Waals surface area contributed by atoms with E-state index in [1.807, 2.05) is 29.7 Å². The number of hydroxylamine groups is 2. The third-order valence-corrected chi connectivity index (χ3v) is 4.32. The smallest absolute Gasteiger partial charge is 0.333 e. The highest BCUT2D eigenvalue weighted by atomic mass is 32.3. The van der Waals surface area contributed by atoms with Crippen molar-refractivity contribution in [1.82, 2.24) is 24.5 Å². The summed E-state index contributed by atoms with van der Waals surface area (Å²) in [6.07, 6.45) is 6.10. The summed E-state index contributed by atoms with van der Waals surface area (Å²) in [6.45, 7) is 3.46. The van der Waals surface area contributed by atoms with E-state index in [0.717, 1.165) is 18.7 Å². The number of carbonyl (C=O) groups is 1. The van der Waals surface area contributed by atoms with Crippen LogP contribution in [0.1, 0.15) is 30.8 Å². The predicted molar refractivity (Wildman–Crippen MR) is 89.8 cm³/mol. The molecule has 140 valence electrons. The van der Waals surface area contributed by atoms with Crippen LogP contribution in [-0.2, 0) is 27.8 Å². The molecule has 1 N–H and O–H groups in total. The van der Waals surface area contributed by atoms with Crippen LogP contribution in [0.4, 0.5) is 4.79 Å². The van der Waals surface area contributed by atoms with Crippen LogP contribution in [0.15, 0.2) is 36.9 Å². The molecule has 1 unspecified atom stereocenters. The average molecular weight is 381 g/mol. The third kappa shape index (κ3) is 3.84. The van der Waals surface area contributed by atoms with E-state index >= 15 is 0 Å². The fourth-order valence-corrected chi connectivity index (χ4v) is 3.32. The molecule has 0 radical (unpaired) electrons. The zero-order chi connectivity index (χ0) is 18.7. The Labute approximate surface area is 150 Å². The number of pyridine rings is 1. The average Bonchev–Trinajstić information content (AvgIpc) is 3.12. The van der Waals surface area contributed by atoms with Gasteiger partial charge in [-0.25, -0.2) is 9.78 Å². The summed E-state index contributed by atoms with van der Waals surface area (Å²) in [4.78, 5) is 21.5. The van der Waals surface area contributed by atoms with Crippen molar-refractivity contribution in [1.29, 1.82) is 0 Å². The van der Waals surface area contributed by atoms with Gasteiger partial charge in [-0.1, -0.05) is 13.0 Å². The van der Waals surface area contributed by atoms with Gasteiger partial charge in [-0.2, -0.15) is 13.5 Å². The third-order valence-electron chi connectivity index (χ3n) is 3.98. The number of urea groups is 1. The highest BCUT2D eigenvalue weighted by Crippen LogP contribution is 2.37. The lowest BCUT2D eigenvalue weighted by molar-refractivity contribution is -0.0326. The molecule has 26 heavy (non-hydrogen) atoms. The Hall–Kier alpha value is -2.50. The number of carbonyl (C=O) groups excluding carboxylic acids is 1. The van der Waals surface area contributed by atoms with E-state index in [4.69, 9.17) is 4.55 Å². The molecule has 2 aromatic heterocycles. The van der Waals surface area contributed by atoms with Crippen molar-refractivity contribution >= 4 is 16.4 Å². The van der Waals surface area contributed by atoms with Gasteiger partial charge >= 0.3 is 16.4 Å². The lowest BCUT2D eigenvalue weighted by Crippen LogP contribution is -2.32. The van der Waals surface area contributed by atoms with Crippen LogP contribution in [-0.4, -0.2) is 50.0 Å². The highest BCUT2D eigenvalue weighted by Gasteiger charge is 2.47. The molecule has 0 spiro atoms. The first-order valence-corrected chi connectivity index (χ1v) is 9.41. The number of aromatic nitrogens is 3. The molecule has 2 aliphatic rings. The number of aryl methyl sites for hydroxylation is 1. The van der Waals surface area contributed by atoms with E-state index in [0.29, 0.717) is 23.8 Å². The van der Waals surface area contributed by atoms with Crippen molar-refractivity contribution in [3.8, 4) is 0 Å². The van der Waals surface area contributed by atoms with Gasteiger partial charge in [0.2, 0.25) is 0 Å². The minimum Gasteiger partial charge on any atom is -0.333 e. The van der Waals surface area contributed by atoms with Gasteiger partial charge in [0.15, 0.2) is 0 Å². The van der Waals surface area contributed by atoms with Gasteiger partial charge in [-0.15, -0.1) is 4.28 Å². The maximum atomic E-state index is 12.0. The lowest BCUT2D eigenvalue weighted by Gasteiger charge is -2.22. The molecule has 11 heteroatoms. The lowest BCUT2D eigenvalue weighted by atomic mass is 10.1. The van der Waals surface area contributed by atoms with Gasteiger partial charge < -0.3 is 9.47 Å². The quantitative estimate of drug-likeness (QED) is 0.795. The maximum absolute atomic E-state index is 12.0. The first-order chi connectivity index (χ1) is 12.4. The molecule has 2 aliphatic heterocycles. The summed E-state index contributed by atoms with van der Waals surface area (Å²) >= 11 is 0. The van der Waals surface area contributed by atoms with Crippen LogP contribution in [0.5, 0.6) is 0 Å². The SMILES string of the molecule is CCCn1cnc2c1CN1CC2N(OS(=O)(=O)O)C1=O.c1ccncc1. The van der Waals surface area contributed by atoms with Gasteiger partial charge in [0.05, 0.1) is 30.8 Å². The number of nitrogens with zero attached hydrogens (tertiary/aromatic N) is 5. The topological polar surface area (TPSA) is 118 Å². The molecule has 0 aromatic carbocycles. The van der Waals surface area contributed by atoms with Gasteiger partial charge in [-0.05, 0) is 18.6 Å². The monoisotopic (exact) mass is 381 g/mol. The Kier molecular flexibility index (Phi) is 5.20.